The van der Waals surface area contributed by atoms with Crippen LogP contribution in [0.4, 0.5) is 5.82 Å². The number of nitrogens with one attached hydrogen (secondary N) is 1. The number of thioether (sulfide) groups is 1. The van der Waals surface area contributed by atoms with Crippen molar-refractivity contribution in [3.05, 3.63) is 17.5 Å². The Hall–Kier alpha value is -0.480. The van der Waals surface area contributed by atoms with Crippen molar-refractivity contribution in [2.75, 3.05) is 11.6 Å². The molecule has 1 aromatic heterocycles. The van der Waals surface area contributed by atoms with E-state index in [9.17, 15) is 0 Å². The van der Waals surface area contributed by atoms with E-state index in [2.05, 4.69) is 21.5 Å². The second-order valence-electron chi connectivity index (χ2n) is 4.08. The van der Waals surface area contributed by atoms with E-state index in [-0.39, 0.29) is 0 Å². The summed E-state index contributed by atoms with van der Waals surface area (Å²) in [4.78, 5) is 8.21. The Bertz CT molecular complexity index is 340. The first kappa shape index (κ1) is 12.0. The molecule has 2 rings (SSSR count). The summed E-state index contributed by atoms with van der Waals surface area (Å²) in [5, 5.41) is 4.68. The van der Waals surface area contributed by atoms with Crippen molar-refractivity contribution in [3.8, 4) is 0 Å². The molecular formula is C11H16ClN3S. The van der Waals surface area contributed by atoms with Gasteiger partial charge in [-0.15, -0.1) is 0 Å². The Morgan fingerprint density at radius 3 is 2.69 bits per heavy atom. The number of rotatable bonds is 3. The molecule has 0 amide bonds. The molecule has 1 saturated carbocycles. The zero-order chi connectivity index (χ0) is 11.4. The zero-order valence-corrected chi connectivity index (χ0v) is 10.9. The lowest BCUT2D eigenvalue weighted by atomic mass is 9.95. The summed E-state index contributed by atoms with van der Waals surface area (Å²) in [6.45, 7) is 0. The van der Waals surface area contributed by atoms with Crippen LogP contribution in [-0.2, 0) is 0 Å². The van der Waals surface area contributed by atoms with E-state index in [1.807, 2.05) is 11.8 Å². The summed E-state index contributed by atoms with van der Waals surface area (Å²) in [6, 6.07) is 0.524. The monoisotopic (exact) mass is 257 g/mol. The molecule has 0 saturated heterocycles. The van der Waals surface area contributed by atoms with Crippen LogP contribution >= 0.6 is 23.4 Å². The van der Waals surface area contributed by atoms with Gasteiger partial charge in [0, 0.05) is 11.3 Å². The van der Waals surface area contributed by atoms with E-state index >= 15 is 0 Å². The molecule has 1 aliphatic carbocycles. The Kier molecular flexibility index (Phi) is 4.29. The van der Waals surface area contributed by atoms with Crippen LogP contribution in [0.25, 0.3) is 0 Å². The van der Waals surface area contributed by atoms with Gasteiger partial charge in [-0.2, -0.15) is 11.8 Å². The molecule has 1 heterocycles. The molecule has 16 heavy (non-hydrogen) atoms. The summed E-state index contributed by atoms with van der Waals surface area (Å²) in [5.74, 6) is 0.792. The van der Waals surface area contributed by atoms with Crippen LogP contribution in [-0.4, -0.2) is 27.5 Å². The second-order valence-corrected chi connectivity index (χ2v) is 5.61. The average molecular weight is 258 g/mol. The Labute approximate surface area is 105 Å². The fraction of sp³-hybridized carbons (Fsp3) is 0.636. The molecule has 1 aliphatic rings. The van der Waals surface area contributed by atoms with E-state index in [1.54, 1.807) is 12.4 Å². The third kappa shape index (κ3) is 3.25. The zero-order valence-electron chi connectivity index (χ0n) is 9.32. The molecule has 0 bridgehead atoms. The van der Waals surface area contributed by atoms with Crippen molar-refractivity contribution >= 4 is 29.2 Å². The molecule has 88 valence electrons. The minimum absolute atomic E-state index is 0.447. The van der Waals surface area contributed by atoms with E-state index in [4.69, 9.17) is 11.6 Å². The van der Waals surface area contributed by atoms with Gasteiger partial charge >= 0.3 is 0 Å². The molecule has 0 aromatic carbocycles. The van der Waals surface area contributed by atoms with Crippen molar-refractivity contribution in [2.45, 2.75) is 37.0 Å². The van der Waals surface area contributed by atoms with Crippen LogP contribution in [0.5, 0.6) is 0 Å². The maximum absolute atomic E-state index is 5.79. The van der Waals surface area contributed by atoms with Gasteiger partial charge in [-0.05, 0) is 31.9 Å². The number of anilines is 1. The Morgan fingerprint density at radius 2 is 2.06 bits per heavy atom. The summed E-state index contributed by atoms with van der Waals surface area (Å²) in [7, 11) is 0. The fourth-order valence-corrected chi connectivity index (χ4v) is 2.95. The van der Waals surface area contributed by atoms with E-state index < -0.39 is 0 Å². The smallest absolute Gasteiger partial charge is 0.149 e. The highest BCUT2D eigenvalue weighted by Gasteiger charge is 2.20. The summed E-state index contributed by atoms with van der Waals surface area (Å²) in [6.07, 6.45) is 10.5. The van der Waals surface area contributed by atoms with Crippen molar-refractivity contribution in [2.24, 2.45) is 0 Å². The number of hydrogen-bond donors (Lipinski definition) is 1. The highest BCUT2D eigenvalue weighted by molar-refractivity contribution is 7.99. The van der Waals surface area contributed by atoms with Crippen molar-refractivity contribution in [1.82, 2.24) is 9.97 Å². The van der Waals surface area contributed by atoms with Crippen LogP contribution in [0.15, 0.2) is 12.4 Å². The average Bonchev–Trinajstić information content (AvgIpc) is 2.30. The molecule has 0 radical (unpaired) electrons. The van der Waals surface area contributed by atoms with Crippen LogP contribution in [0.2, 0.25) is 5.15 Å². The van der Waals surface area contributed by atoms with Gasteiger partial charge in [0.05, 0.1) is 12.4 Å². The quantitative estimate of drug-likeness (QED) is 0.902. The molecule has 0 atom stereocenters. The second kappa shape index (κ2) is 5.73. The molecule has 3 nitrogen and oxygen atoms in total. The normalized spacial score (nSPS) is 25.4. The molecule has 0 aliphatic heterocycles. The molecule has 5 heteroatoms. The number of halogens is 1. The third-order valence-corrected chi connectivity index (χ3v) is 4.28. The number of aromatic nitrogens is 2. The molecule has 1 fully saturated rings. The maximum Gasteiger partial charge on any atom is 0.149 e. The Morgan fingerprint density at radius 1 is 1.31 bits per heavy atom. The van der Waals surface area contributed by atoms with Gasteiger partial charge < -0.3 is 5.32 Å². The molecule has 0 spiro atoms. The summed E-state index contributed by atoms with van der Waals surface area (Å²) in [5.41, 5.74) is 0. The summed E-state index contributed by atoms with van der Waals surface area (Å²) < 4.78 is 0. The van der Waals surface area contributed by atoms with Crippen LogP contribution in [0, 0.1) is 0 Å². The highest BCUT2D eigenvalue weighted by atomic mass is 35.5. The van der Waals surface area contributed by atoms with E-state index in [0.29, 0.717) is 11.2 Å². The van der Waals surface area contributed by atoms with Gasteiger partial charge in [0.15, 0.2) is 0 Å². The van der Waals surface area contributed by atoms with E-state index in [1.165, 1.54) is 25.7 Å². The third-order valence-electron chi connectivity index (χ3n) is 2.96. The SMILES string of the molecule is CSC1CCC(Nc2cncc(Cl)n2)CC1. The first-order chi connectivity index (χ1) is 7.78. The molecule has 0 unspecified atom stereocenters. The van der Waals surface area contributed by atoms with Gasteiger partial charge in [0.25, 0.3) is 0 Å². The molecule has 1 N–H and O–H groups in total. The number of hydrogen-bond acceptors (Lipinski definition) is 4. The topological polar surface area (TPSA) is 37.8 Å². The number of nitrogens with zero attached hydrogens (tertiary/aromatic N) is 2. The lowest BCUT2D eigenvalue weighted by molar-refractivity contribution is 0.472. The van der Waals surface area contributed by atoms with Gasteiger partial charge in [-0.1, -0.05) is 11.6 Å². The standard InChI is InChI=1S/C11H16ClN3S/c1-16-9-4-2-8(3-5-9)14-11-7-13-6-10(12)15-11/h6-9H,2-5H2,1H3,(H,14,15). The lowest BCUT2D eigenvalue weighted by Crippen LogP contribution is -2.27. The first-order valence-corrected chi connectivity index (χ1v) is 7.21. The minimum atomic E-state index is 0.447. The van der Waals surface area contributed by atoms with Gasteiger partial charge in [-0.3, -0.25) is 4.98 Å². The highest BCUT2D eigenvalue weighted by Crippen LogP contribution is 2.28. The minimum Gasteiger partial charge on any atom is -0.366 e. The van der Waals surface area contributed by atoms with Gasteiger partial charge in [0.1, 0.15) is 11.0 Å². The van der Waals surface area contributed by atoms with Crippen molar-refractivity contribution in [1.29, 1.82) is 0 Å². The van der Waals surface area contributed by atoms with Gasteiger partial charge in [0.2, 0.25) is 0 Å². The Balaban J connectivity index is 1.87. The maximum atomic E-state index is 5.79. The van der Waals surface area contributed by atoms with Crippen molar-refractivity contribution < 1.29 is 0 Å². The largest absolute Gasteiger partial charge is 0.366 e. The lowest BCUT2D eigenvalue weighted by Gasteiger charge is -2.28. The molecular weight excluding hydrogens is 242 g/mol. The van der Waals surface area contributed by atoms with Crippen LogP contribution in [0.1, 0.15) is 25.7 Å². The first-order valence-electron chi connectivity index (χ1n) is 5.55. The predicted octanol–water partition coefficient (Wildman–Crippen LogP) is 3.22. The predicted molar refractivity (Wildman–Crippen MR) is 70.2 cm³/mol. The molecule has 1 aromatic rings. The van der Waals surface area contributed by atoms with E-state index in [0.717, 1.165) is 11.1 Å². The van der Waals surface area contributed by atoms with Crippen LogP contribution < -0.4 is 5.32 Å². The van der Waals surface area contributed by atoms with Crippen molar-refractivity contribution in [3.63, 3.8) is 0 Å². The van der Waals surface area contributed by atoms with Crippen LogP contribution in [0.3, 0.4) is 0 Å². The van der Waals surface area contributed by atoms with Gasteiger partial charge in [-0.25, -0.2) is 4.98 Å². The summed E-state index contributed by atoms with van der Waals surface area (Å²) >= 11 is 7.77. The fourth-order valence-electron chi connectivity index (χ4n) is 2.06.